The first-order valence-corrected chi connectivity index (χ1v) is 8.37. The zero-order chi connectivity index (χ0) is 19.3. The topological polar surface area (TPSA) is 59.3 Å². The van der Waals surface area contributed by atoms with E-state index in [2.05, 4.69) is 0 Å². The lowest BCUT2D eigenvalue weighted by Crippen LogP contribution is -2.26. The highest BCUT2D eigenvalue weighted by Gasteiger charge is 2.32. The van der Waals surface area contributed by atoms with Crippen molar-refractivity contribution in [2.24, 2.45) is 0 Å². The van der Waals surface area contributed by atoms with Gasteiger partial charge in [0.1, 0.15) is 5.56 Å². The fraction of sp³-hybridized carbons (Fsp3) is 0.200. The third-order valence-corrected chi connectivity index (χ3v) is 4.76. The summed E-state index contributed by atoms with van der Waals surface area (Å²) in [5, 5.41) is 9.63. The van der Waals surface area contributed by atoms with Gasteiger partial charge >= 0.3 is 12.1 Å². The van der Waals surface area contributed by atoms with E-state index in [1.807, 2.05) is 6.07 Å². The van der Waals surface area contributed by atoms with Gasteiger partial charge in [0.05, 0.1) is 16.8 Å². The van der Waals surface area contributed by atoms with E-state index in [9.17, 15) is 27.9 Å². The van der Waals surface area contributed by atoms with E-state index in [1.54, 1.807) is 18.2 Å². The van der Waals surface area contributed by atoms with Crippen LogP contribution in [0.15, 0.2) is 53.3 Å². The van der Waals surface area contributed by atoms with E-state index >= 15 is 0 Å². The maximum Gasteiger partial charge on any atom is 0.416 e. The second-order valence-corrected chi connectivity index (χ2v) is 6.61. The van der Waals surface area contributed by atoms with Gasteiger partial charge in [-0.3, -0.25) is 9.36 Å². The van der Waals surface area contributed by atoms with Crippen LogP contribution in [0.1, 0.15) is 40.2 Å². The Kier molecular flexibility index (Phi) is 3.83. The van der Waals surface area contributed by atoms with Crippen molar-refractivity contribution in [1.29, 1.82) is 0 Å². The highest BCUT2D eigenvalue weighted by molar-refractivity contribution is 5.93. The molecule has 1 heterocycles. The Balaban J connectivity index is 2.12. The number of para-hydroxylation sites is 1. The minimum Gasteiger partial charge on any atom is -0.477 e. The molecule has 2 aromatic carbocycles. The molecule has 0 atom stereocenters. The minimum atomic E-state index is -4.57. The maximum atomic E-state index is 13.2. The lowest BCUT2D eigenvalue weighted by molar-refractivity contribution is -0.137. The van der Waals surface area contributed by atoms with Crippen LogP contribution in [0.4, 0.5) is 13.2 Å². The molecule has 0 bridgehead atoms. The van der Waals surface area contributed by atoms with Crippen molar-refractivity contribution in [1.82, 2.24) is 4.57 Å². The quantitative estimate of drug-likeness (QED) is 0.731. The van der Waals surface area contributed by atoms with Crippen molar-refractivity contribution in [2.45, 2.75) is 24.9 Å². The summed E-state index contributed by atoms with van der Waals surface area (Å²) in [4.78, 5) is 24.4. The number of hydrogen-bond donors (Lipinski definition) is 1. The molecule has 1 aliphatic rings. The molecule has 1 aliphatic carbocycles. The van der Waals surface area contributed by atoms with E-state index < -0.39 is 28.8 Å². The second kappa shape index (κ2) is 5.97. The number of alkyl halides is 3. The maximum absolute atomic E-state index is 13.2. The first kappa shape index (κ1) is 17.3. The molecule has 0 unspecified atom stereocenters. The average molecular weight is 373 g/mol. The second-order valence-electron chi connectivity index (χ2n) is 6.61. The van der Waals surface area contributed by atoms with Gasteiger partial charge in [-0.1, -0.05) is 24.3 Å². The predicted octanol–water partition coefficient (Wildman–Crippen LogP) is 4.59. The number of pyridine rings is 1. The molecule has 1 aromatic heterocycles. The first-order chi connectivity index (χ1) is 12.8. The van der Waals surface area contributed by atoms with Gasteiger partial charge in [0, 0.05) is 0 Å². The summed E-state index contributed by atoms with van der Waals surface area (Å²) in [5.74, 6) is -1.19. The average Bonchev–Trinajstić information content (AvgIpc) is 3.45. The van der Waals surface area contributed by atoms with E-state index in [4.69, 9.17) is 0 Å². The SMILES string of the molecule is O=C(O)c1cc2ccc(C(F)(F)F)cc2n(-c2ccccc2C2CC2)c1=O. The molecule has 1 fully saturated rings. The minimum absolute atomic E-state index is 0.0351. The number of carboxylic acids is 1. The number of carbonyl (C=O) groups is 1. The number of nitrogens with zero attached hydrogens (tertiary/aromatic N) is 1. The number of rotatable bonds is 3. The van der Waals surface area contributed by atoms with Crippen molar-refractivity contribution >= 4 is 16.9 Å². The summed E-state index contributed by atoms with van der Waals surface area (Å²) < 4.78 is 40.7. The molecule has 1 N–H and O–H groups in total. The van der Waals surface area contributed by atoms with E-state index in [0.29, 0.717) is 5.69 Å². The van der Waals surface area contributed by atoms with Gasteiger partial charge in [-0.15, -0.1) is 0 Å². The van der Waals surface area contributed by atoms with Gasteiger partial charge < -0.3 is 5.11 Å². The number of hydrogen-bond acceptors (Lipinski definition) is 2. The van der Waals surface area contributed by atoms with E-state index in [1.165, 1.54) is 6.07 Å². The molecule has 0 amide bonds. The molecular formula is C20H14F3NO3. The fourth-order valence-electron chi connectivity index (χ4n) is 3.31. The smallest absolute Gasteiger partial charge is 0.416 e. The number of fused-ring (bicyclic) bond motifs is 1. The van der Waals surface area contributed by atoms with E-state index in [-0.39, 0.29) is 16.8 Å². The molecule has 4 nitrogen and oxygen atoms in total. The van der Waals surface area contributed by atoms with Crippen LogP contribution in [0.2, 0.25) is 0 Å². The zero-order valence-corrected chi connectivity index (χ0v) is 14.0. The zero-order valence-electron chi connectivity index (χ0n) is 14.0. The monoisotopic (exact) mass is 373 g/mol. The summed E-state index contributed by atoms with van der Waals surface area (Å²) in [6, 6.07) is 11.0. The third kappa shape index (κ3) is 2.99. The molecule has 0 saturated heterocycles. The Morgan fingerprint density at radius 3 is 2.41 bits per heavy atom. The molecule has 4 rings (SSSR count). The largest absolute Gasteiger partial charge is 0.477 e. The summed E-state index contributed by atoms with van der Waals surface area (Å²) >= 11 is 0. The number of carboxylic acid groups (broad SMARTS) is 1. The Hall–Kier alpha value is -3.09. The molecule has 1 saturated carbocycles. The van der Waals surface area contributed by atoms with Gasteiger partial charge in [0.2, 0.25) is 0 Å². The van der Waals surface area contributed by atoms with Gasteiger partial charge in [0.15, 0.2) is 0 Å². The Morgan fingerprint density at radius 1 is 1.07 bits per heavy atom. The van der Waals surface area contributed by atoms with Crippen LogP contribution in [0.5, 0.6) is 0 Å². The van der Waals surface area contributed by atoms with Crippen LogP contribution in [-0.4, -0.2) is 15.6 Å². The predicted molar refractivity (Wildman–Crippen MR) is 93.5 cm³/mol. The van der Waals surface area contributed by atoms with Crippen molar-refractivity contribution < 1.29 is 23.1 Å². The normalized spacial score (nSPS) is 14.5. The molecule has 27 heavy (non-hydrogen) atoms. The van der Waals surface area contributed by atoms with Crippen LogP contribution < -0.4 is 5.56 Å². The molecule has 7 heteroatoms. The summed E-state index contributed by atoms with van der Waals surface area (Å²) in [5.41, 5.74) is -0.920. The Bertz CT molecular complexity index is 1130. The van der Waals surface area contributed by atoms with Crippen molar-refractivity contribution in [3.05, 3.63) is 75.6 Å². The van der Waals surface area contributed by atoms with Gasteiger partial charge in [-0.25, -0.2) is 4.79 Å². The lowest BCUT2D eigenvalue weighted by atomic mass is 10.0. The number of halogens is 3. The fourth-order valence-corrected chi connectivity index (χ4v) is 3.31. The van der Waals surface area contributed by atoms with Gasteiger partial charge in [0.25, 0.3) is 5.56 Å². The molecule has 0 radical (unpaired) electrons. The number of benzene rings is 2. The first-order valence-electron chi connectivity index (χ1n) is 8.37. The van der Waals surface area contributed by atoms with Crippen LogP contribution in [0, 0.1) is 0 Å². The molecular weight excluding hydrogens is 359 g/mol. The van der Waals surface area contributed by atoms with Crippen molar-refractivity contribution in [3.8, 4) is 5.69 Å². The van der Waals surface area contributed by atoms with Gasteiger partial charge in [-0.05, 0) is 54.0 Å². The van der Waals surface area contributed by atoms with Crippen molar-refractivity contribution in [2.75, 3.05) is 0 Å². The summed E-state index contributed by atoms with van der Waals surface area (Å²) in [7, 11) is 0. The van der Waals surface area contributed by atoms with Crippen LogP contribution in [0.3, 0.4) is 0 Å². The highest BCUT2D eigenvalue weighted by Crippen LogP contribution is 2.43. The lowest BCUT2D eigenvalue weighted by Gasteiger charge is -2.17. The third-order valence-electron chi connectivity index (χ3n) is 4.76. The molecule has 3 aromatic rings. The molecule has 138 valence electrons. The Morgan fingerprint density at radius 2 is 1.78 bits per heavy atom. The Labute approximate surface area is 151 Å². The summed E-state index contributed by atoms with van der Waals surface area (Å²) in [6.07, 6.45) is -2.72. The van der Waals surface area contributed by atoms with E-state index in [0.717, 1.165) is 41.2 Å². The highest BCUT2D eigenvalue weighted by atomic mass is 19.4. The number of aromatic carboxylic acids is 1. The molecule has 0 aliphatic heterocycles. The van der Waals surface area contributed by atoms with Crippen molar-refractivity contribution in [3.63, 3.8) is 0 Å². The number of aromatic nitrogens is 1. The standard InChI is InChI=1S/C20H14F3NO3/c21-20(22,23)13-8-7-12-9-15(19(26)27)18(25)24(17(12)10-13)16-4-2-1-3-14(16)11-5-6-11/h1-4,7-11H,5-6H2,(H,26,27). The molecule has 0 spiro atoms. The van der Waals surface area contributed by atoms with Crippen LogP contribution in [0.25, 0.3) is 16.6 Å². The van der Waals surface area contributed by atoms with Crippen LogP contribution in [-0.2, 0) is 6.18 Å². The van der Waals surface area contributed by atoms with Crippen LogP contribution >= 0.6 is 0 Å². The van der Waals surface area contributed by atoms with Gasteiger partial charge in [-0.2, -0.15) is 13.2 Å². The summed E-state index contributed by atoms with van der Waals surface area (Å²) in [6.45, 7) is 0.